The van der Waals surface area contributed by atoms with E-state index in [-0.39, 0.29) is 11.8 Å². The number of fused-ring (bicyclic) bond motifs is 1. The first-order chi connectivity index (χ1) is 8.38. The molecule has 0 aromatic carbocycles. The number of nitrogens with one attached hydrogen (secondary N) is 1. The Hall–Kier alpha value is -0.590. The standard InChI is InChI=1S/C11H15ClFN3OS/c1-11(2,17)7(13)5-14-9-8-6(3-4-18-8)15-10(12)16-9/h7,17H,3-5H2,1-2H3,(H,14,15,16)/t7-/m1/s1. The Bertz CT molecular complexity index is 453. The van der Waals surface area contributed by atoms with Crippen molar-refractivity contribution in [3.63, 3.8) is 0 Å². The van der Waals surface area contributed by atoms with Gasteiger partial charge < -0.3 is 10.4 Å². The Morgan fingerprint density at radius 2 is 2.28 bits per heavy atom. The number of aliphatic hydroxyl groups is 1. The second kappa shape index (κ2) is 5.19. The van der Waals surface area contributed by atoms with E-state index in [1.807, 2.05) is 0 Å². The highest BCUT2D eigenvalue weighted by atomic mass is 35.5. The van der Waals surface area contributed by atoms with E-state index in [0.717, 1.165) is 22.8 Å². The van der Waals surface area contributed by atoms with Crippen LogP contribution in [0.25, 0.3) is 0 Å². The van der Waals surface area contributed by atoms with Gasteiger partial charge in [-0.25, -0.2) is 9.37 Å². The fourth-order valence-corrected chi connectivity index (χ4v) is 2.85. The van der Waals surface area contributed by atoms with Crippen LogP contribution in [0.1, 0.15) is 19.5 Å². The zero-order valence-electron chi connectivity index (χ0n) is 10.2. The normalized spacial score (nSPS) is 16.5. The highest BCUT2D eigenvalue weighted by Crippen LogP contribution is 2.36. The van der Waals surface area contributed by atoms with Crippen molar-refractivity contribution in [1.82, 2.24) is 9.97 Å². The molecule has 2 heterocycles. The van der Waals surface area contributed by atoms with Gasteiger partial charge in [0.1, 0.15) is 12.0 Å². The zero-order valence-corrected chi connectivity index (χ0v) is 11.8. The lowest BCUT2D eigenvalue weighted by Crippen LogP contribution is -2.37. The lowest BCUT2D eigenvalue weighted by atomic mass is 10.0. The SMILES string of the molecule is CC(C)(O)[C@H](F)CNc1nc(Cl)nc2c1SCC2. The van der Waals surface area contributed by atoms with Gasteiger partial charge in [-0.2, -0.15) is 4.98 Å². The number of halogens is 2. The molecule has 0 saturated heterocycles. The molecule has 1 aliphatic rings. The lowest BCUT2D eigenvalue weighted by molar-refractivity contribution is 0.00319. The van der Waals surface area contributed by atoms with Crippen molar-refractivity contribution in [2.45, 2.75) is 36.9 Å². The Balaban J connectivity index is 2.11. The minimum Gasteiger partial charge on any atom is -0.387 e. The van der Waals surface area contributed by atoms with E-state index in [9.17, 15) is 9.50 Å². The molecule has 0 saturated carbocycles. The summed E-state index contributed by atoms with van der Waals surface area (Å²) < 4.78 is 13.7. The topological polar surface area (TPSA) is 58.0 Å². The van der Waals surface area contributed by atoms with E-state index < -0.39 is 11.8 Å². The molecule has 0 amide bonds. The van der Waals surface area contributed by atoms with E-state index in [0.29, 0.717) is 5.82 Å². The smallest absolute Gasteiger partial charge is 0.224 e. The van der Waals surface area contributed by atoms with Crippen LogP contribution in [0.3, 0.4) is 0 Å². The average molecular weight is 292 g/mol. The molecular weight excluding hydrogens is 277 g/mol. The van der Waals surface area contributed by atoms with Crippen LogP contribution in [0.15, 0.2) is 4.90 Å². The number of hydrogen-bond acceptors (Lipinski definition) is 5. The summed E-state index contributed by atoms with van der Waals surface area (Å²) in [6.45, 7) is 2.86. The van der Waals surface area contributed by atoms with Crippen LogP contribution in [0.2, 0.25) is 5.28 Å². The molecule has 1 atom stereocenters. The summed E-state index contributed by atoms with van der Waals surface area (Å²) in [5.74, 6) is 1.49. The van der Waals surface area contributed by atoms with Crippen molar-refractivity contribution in [3.05, 3.63) is 11.0 Å². The van der Waals surface area contributed by atoms with Crippen LogP contribution < -0.4 is 5.32 Å². The van der Waals surface area contributed by atoms with E-state index >= 15 is 0 Å². The van der Waals surface area contributed by atoms with Crippen LogP contribution >= 0.6 is 23.4 Å². The lowest BCUT2D eigenvalue weighted by Gasteiger charge is -2.23. The van der Waals surface area contributed by atoms with Crippen LogP contribution in [0.4, 0.5) is 10.2 Å². The largest absolute Gasteiger partial charge is 0.387 e. The zero-order chi connectivity index (χ0) is 13.3. The molecule has 2 rings (SSSR count). The molecule has 100 valence electrons. The molecule has 18 heavy (non-hydrogen) atoms. The van der Waals surface area contributed by atoms with Gasteiger partial charge in [0.05, 0.1) is 22.7 Å². The van der Waals surface area contributed by atoms with Gasteiger partial charge in [0.2, 0.25) is 5.28 Å². The Kier molecular flexibility index (Phi) is 3.99. The predicted molar refractivity (Wildman–Crippen MR) is 71.2 cm³/mol. The molecule has 0 bridgehead atoms. The van der Waals surface area contributed by atoms with E-state index in [1.165, 1.54) is 13.8 Å². The quantitative estimate of drug-likeness (QED) is 0.834. The second-order valence-electron chi connectivity index (χ2n) is 4.72. The van der Waals surface area contributed by atoms with Crippen molar-refractivity contribution in [1.29, 1.82) is 0 Å². The Morgan fingerprint density at radius 3 is 2.94 bits per heavy atom. The first kappa shape index (κ1) is 13.8. The summed E-state index contributed by atoms with van der Waals surface area (Å²) in [6.07, 6.45) is -0.533. The first-order valence-corrected chi connectivity index (χ1v) is 7.04. The van der Waals surface area contributed by atoms with Gasteiger partial charge in [-0.3, -0.25) is 0 Å². The van der Waals surface area contributed by atoms with Crippen LogP contribution in [0, 0.1) is 0 Å². The van der Waals surface area contributed by atoms with Gasteiger partial charge in [0.25, 0.3) is 0 Å². The predicted octanol–water partition coefficient (Wildman–Crippen LogP) is 2.30. The molecule has 0 radical (unpaired) electrons. The molecule has 1 aromatic rings. The molecule has 1 aromatic heterocycles. The van der Waals surface area contributed by atoms with Crippen molar-refractivity contribution < 1.29 is 9.50 Å². The molecule has 2 N–H and O–H groups in total. The minimum absolute atomic E-state index is 0.0101. The number of thioether (sulfide) groups is 1. The number of alkyl halides is 1. The number of nitrogens with zero attached hydrogens (tertiary/aromatic N) is 2. The molecule has 0 spiro atoms. The van der Waals surface area contributed by atoms with Crippen molar-refractivity contribution in [2.24, 2.45) is 0 Å². The van der Waals surface area contributed by atoms with Crippen LogP contribution in [-0.2, 0) is 6.42 Å². The maximum absolute atomic E-state index is 13.7. The molecule has 0 unspecified atom stereocenters. The maximum Gasteiger partial charge on any atom is 0.224 e. The highest BCUT2D eigenvalue weighted by Gasteiger charge is 2.27. The molecule has 0 aliphatic carbocycles. The van der Waals surface area contributed by atoms with Crippen LogP contribution in [0.5, 0.6) is 0 Å². The van der Waals surface area contributed by atoms with Gasteiger partial charge >= 0.3 is 0 Å². The van der Waals surface area contributed by atoms with E-state index in [4.69, 9.17) is 11.6 Å². The summed E-state index contributed by atoms with van der Waals surface area (Å²) in [5.41, 5.74) is -0.471. The number of hydrogen-bond donors (Lipinski definition) is 2. The summed E-state index contributed by atoms with van der Waals surface area (Å²) in [4.78, 5) is 9.15. The number of aryl methyl sites for hydroxylation is 1. The Morgan fingerprint density at radius 1 is 1.56 bits per heavy atom. The molecule has 0 fully saturated rings. The third-order valence-electron chi connectivity index (χ3n) is 2.71. The number of aromatic nitrogens is 2. The molecule has 7 heteroatoms. The highest BCUT2D eigenvalue weighted by molar-refractivity contribution is 7.99. The molecule has 1 aliphatic heterocycles. The van der Waals surface area contributed by atoms with Crippen molar-refractivity contribution in [3.8, 4) is 0 Å². The van der Waals surface area contributed by atoms with Gasteiger partial charge in [-0.15, -0.1) is 11.8 Å². The summed E-state index contributed by atoms with van der Waals surface area (Å²) in [5, 5.41) is 12.6. The number of anilines is 1. The van der Waals surface area contributed by atoms with Gasteiger partial charge in [0, 0.05) is 12.2 Å². The summed E-state index contributed by atoms with van der Waals surface area (Å²) in [6, 6.07) is 0. The average Bonchev–Trinajstić information content (AvgIpc) is 2.71. The second-order valence-corrected chi connectivity index (χ2v) is 6.16. The van der Waals surface area contributed by atoms with Crippen molar-refractivity contribution in [2.75, 3.05) is 17.6 Å². The van der Waals surface area contributed by atoms with Crippen molar-refractivity contribution >= 4 is 29.2 Å². The minimum atomic E-state index is -1.38. The van der Waals surface area contributed by atoms with Gasteiger partial charge in [-0.1, -0.05) is 0 Å². The maximum atomic E-state index is 13.7. The van der Waals surface area contributed by atoms with Crippen LogP contribution in [-0.4, -0.2) is 39.1 Å². The monoisotopic (exact) mass is 291 g/mol. The summed E-state index contributed by atoms with van der Waals surface area (Å²) >= 11 is 7.45. The summed E-state index contributed by atoms with van der Waals surface area (Å²) in [7, 11) is 0. The molecular formula is C11H15ClFN3OS. The fourth-order valence-electron chi connectivity index (χ4n) is 1.59. The van der Waals surface area contributed by atoms with Gasteiger partial charge in [-0.05, 0) is 25.4 Å². The van der Waals surface area contributed by atoms with Gasteiger partial charge in [0.15, 0.2) is 0 Å². The third kappa shape index (κ3) is 3.05. The van der Waals surface area contributed by atoms with E-state index in [1.54, 1.807) is 11.8 Å². The third-order valence-corrected chi connectivity index (χ3v) is 4.00. The fraction of sp³-hybridized carbons (Fsp3) is 0.636. The Labute approximate surface area is 114 Å². The number of rotatable bonds is 4. The first-order valence-electron chi connectivity index (χ1n) is 5.67. The van der Waals surface area contributed by atoms with E-state index in [2.05, 4.69) is 15.3 Å². The molecule has 4 nitrogen and oxygen atoms in total.